The Morgan fingerprint density at radius 1 is 1.14 bits per heavy atom. The van der Waals surface area contributed by atoms with Crippen LogP contribution >= 0.6 is 0 Å². The topological polar surface area (TPSA) is 17.1 Å². The molecule has 0 amide bonds. The van der Waals surface area contributed by atoms with Crippen LogP contribution in [0.2, 0.25) is 0 Å². The molecule has 2 saturated carbocycles. The van der Waals surface area contributed by atoms with Crippen molar-refractivity contribution in [2.75, 3.05) is 0 Å². The fourth-order valence-corrected chi connectivity index (χ4v) is 3.45. The lowest BCUT2D eigenvalue weighted by molar-refractivity contribution is -0.132. The molecule has 0 heterocycles. The van der Waals surface area contributed by atoms with Crippen LogP contribution in [0.5, 0.6) is 0 Å². The fraction of sp³-hybridized carbons (Fsp3) is 0.923. The molecule has 2 fully saturated rings. The summed E-state index contributed by atoms with van der Waals surface area (Å²) in [6, 6.07) is 0. The zero-order chi connectivity index (χ0) is 10.0. The molecule has 0 saturated heterocycles. The number of carbonyl (C=O) groups excluding carboxylic acids is 1. The lowest BCUT2D eigenvalue weighted by Gasteiger charge is -2.28. The second-order valence-corrected chi connectivity index (χ2v) is 5.19. The Morgan fingerprint density at radius 2 is 1.71 bits per heavy atom. The summed E-state index contributed by atoms with van der Waals surface area (Å²) in [7, 11) is 0. The van der Waals surface area contributed by atoms with Crippen molar-refractivity contribution in [2.24, 2.45) is 11.3 Å². The van der Waals surface area contributed by atoms with E-state index in [0.717, 1.165) is 6.42 Å². The van der Waals surface area contributed by atoms with Crippen molar-refractivity contribution in [1.29, 1.82) is 0 Å². The van der Waals surface area contributed by atoms with Crippen LogP contribution < -0.4 is 0 Å². The van der Waals surface area contributed by atoms with Crippen LogP contribution in [0.1, 0.15) is 64.7 Å². The molecule has 2 aliphatic carbocycles. The third-order valence-corrected chi connectivity index (χ3v) is 4.49. The quantitative estimate of drug-likeness (QED) is 0.669. The second-order valence-electron chi connectivity index (χ2n) is 5.19. The number of Topliss-reactive ketones (excluding diaryl/α,β-unsaturated/α-hetero) is 1. The van der Waals surface area contributed by atoms with Gasteiger partial charge in [-0.25, -0.2) is 0 Å². The highest BCUT2D eigenvalue weighted by Gasteiger charge is 2.42. The van der Waals surface area contributed by atoms with Crippen LogP contribution in [0.4, 0.5) is 0 Å². The van der Waals surface area contributed by atoms with Crippen LogP contribution in [0.25, 0.3) is 0 Å². The molecule has 0 aromatic heterocycles. The zero-order valence-electron chi connectivity index (χ0n) is 9.35. The molecule has 0 atom stereocenters. The van der Waals surface area contributed by atoms with Crippen molar-refractivity contribution in [3.63, 3.8) is 0 Å². The van der Waals surface area contributed by atoms with Gasteiger partial charge in [-0.2, -0.15) is 0 Å². The predicted octanol–water partition coefficient (Wildman–Crippen LogP) is 3.72. The van der Waals surface area contributed by atoms with Crippen molar-refractivity contribution in [2.45, 2.75) is 64.7 Å². The van der Waals surface area contributed by atoms with Gasteiger partial charge in [0.25, 0.3) is 0 Å². The van der Waals surface area contributed by atoms with E-state index in [4.69, 9.17) is 0 Å². The third kappa shape index (κ3) is 1.62. The molecule has 80 valence electrons. The largest absolute Gasteiger partial charge is 0.299 e. The molecule has 0 N–H and O–H groups in total. The zero-order valence-corrected chi connectivity index (χ0v) is 9.35. The lowest BCUT2D eigenvalue weighted by Crippen LogP contribution is -2.32. The van der Waals surface area contributed by atoms with E-state index in [1.807, 2.05) is 0 Å². The van der Waals surface area contributed by atoms with Gasteiger partial charge in [0.1, 0.15) is 5.78 Å². The van der Waals surface area contributed by atoms with Crippen molar-refractivity contribution >= 4 is 5.78 Å². The molecule has 0 radical (unpaired) electrons. The molecule has 0 unspecified atom stereocenters. The molecule has 14 heavy (non-hydrogen) atoms. The van der Waals surface area contributed by atoms with E-state index >= 15 is 0 Å². The van der Waals surface area contributed by atoms with Crippen molar-refractivity contribution in [3.8, 4) is 0 Å². The van der Waals surface area contributed by atoms with E-state index in [1.165, 1.54) is 51.4 Å². The first-order valence-electron chi connectivity index (χ1n) is 6.33. The molecule has 1 heteroatoms. The summed E-state index contributed by atoms with van der Waals surface area (Å²) in [6.07, 6.45) is 11.0. The predicted molar refractivity (Wildman–Crippen MR) is 58.2 cm³/mol. The van der Waals surface area contributed by atoms with E-state index in [1.54, 1.807) is 0 Å². The highest BCUT2D eigenvalue weighted by Crippen LogP contribution is 2.45. The Hall–Kier alpha value is -0.330. The van der Waals surface area contributed by atoms with E-state index < -0.39 is 0 Å². The number of ketones is 1. The molecule has 1 nitrogen and oxygen atoms in total. The Labute approximate surface area is 87.3 Å². The standard InChI is InChI=1S/C13H22O/c1-2-13(9-5-6-10-13)12(14)11-7-3-4-8-11/h11H,2-10H2,1H3. The Bertz CT molecular complexity index is 207. The number of hydrogen-bond donors (Lipinski definition) is 0. The Kier molecular flexibility index (Phi) is 2.94. The van der Waals surface area contributed by atoms with Crippen LogP contribution in [-0.4, -0.2) is 5.78 Å². The summed E-state index contributed by atoms with van der Waals surface area (Å²) >= 11 is 0. The normalized spacial score (nSPS) is 26.9. The summed E-state index contributed by atoms with van der Waals surface area (Å²) in [5, 5.41) is 0. The van der Waals surface area contributed by atoms with Gasteiger partial charge in [-0.1, -0.05) is 32.6 Å². The van der Waals surface area contributed by atoms with E-state index in [-0.39, 0.29) is 5.41 Å². The van der Waals surface area contributed by atoms with Gasteiger partial charge in [-0.3, -0.25) is 4.79 Å². The van der Waals surface area contributed by atoms with E-state index in [0.29, 0.717) is 11.7 Å². The molecule has 2 rings (SSSR count). The molecule has 0 aromatic carbocycles. The van der Waals surface area contributed by atoms with Crippen LogP contribution in [0, 0.1) is 11.3 Å². The second kappa shape index (κ2) is 4.04. The van der Waals surface area contributed by atoms with Crippen molar-refractivity contribution in [1.82, 2.24) is 0 Å². The monoisotopic (exact) mass is 194 g/mol. The molecule has 0 bridgehead atoms. The minimum atomic E-state index is 0.120. The first-order chi connectivity index (χ1) is 6.78. The average molecular weight is 194 g/mol. The molecule has 0 spiro atoms. The van der Waals surface area contributed by atoms with Crippen LogP contribution in [-0.2, 0) is 4.79 Å². The Balaban J connectivity index is 2.06. The van der Waals surface area contributed by atoms with Crippen LogP contribution in [0.15, 0.2) is 0 Å². The first-order valence-corrected chi connectivity index (χ1v) is 6.33. The highest BCUT2D eigenvalue weighted by atomic mass is 16.1. The lowest BCUT2D eigenvalue weighted by atomic mass is 9.74. The van der Waals surface area contributed by atoms with Crippen LogP contribution in [0.3, 0.4) is 0 Å². The highest BCUT2D eigenvalue weighted by molar-refractivity contribution is 5.87. The van der Waals surface area contributed by atoms with Crippen molar-refractivity contribution < 1.29 is 4.79 Å². The SMILES string of the molecule is CCC1(C(=O)C2CCCC2)CCCC1. The van der Waals surface area contributed by atoms with Gasteiger partial charge in [0, 0.05) is 11.3 Å². The maximum atomic E-state index is 12.4. The minimum Gasteiger partial charge on any atom is -0.299 e. The molecule has 0 aliphatic heterocycles. The number of carbonyl (C=O) groups is 1. The van der Waals surface area contributed by atoms with Gasteiger partial charge < -0.3 is 0 Å². The summed E-state index contributed by atoms with van der Waals surface area (Å²) < 4.78 is 0. The van der Waals surface area contributed by atoms with E-state index in [2.05, 4.69) is 6.92 Å². The van der Waals surface area contributed by atoms with Gasteiger partial charge in [-0.05, 0) is 32.1 Å². The first kappa shape index (κ1) is 10.2. The smallest absolute Gasteiger partial charge is 0.142 e. The number of hydrogen-bond acceptors (Lipinski definition) is 1. The van der Waals surface area contributed by atoms with Gasteiger partial charge in [0.15, 0.2) is 0 Å². The maximum absolute atomic E-state index is 12.4. The van der Waals surface area contributed by atoms with Crippen molar-refractivity contribution in [3.05, 3.63) is 0 Å². The van der Waals surface area contributed by atoms with Gasteiger partial charge in [0.05, 0.1) is 0 Å². The molecule has 2 aliphatic rings. The minimum absolute atomic E-state index is 0.120. The Morgan fingerprint density at radius 3 is 2.21 bits per heavy atom. The van der Waals surface area contributed by atoms with E-state index in [9.17, 15) is 4.79 Å². The third-order valence-electron chi connectivity index (χ3n) is 4.49. The summed E-state index contributed by atoms with van der Waals surface area (Å²) in [4.78, 5) is 12.4. The van der Waals surface area contributed by atoms with Gasteiger partial charge >= 0.3 is 0 Å². The summed E-state index contributed by atoms with van der Waals surface area (Å²) in [5.41, 5.74) is 0.120. The van der Waals surface area contributed by atoms with Gasteiger partial charge in [-0.15, -0.1) is 0 Å². The average Bonchev–Trinajstić information content (AvgIpc) is 2.89. The molecular weight excluding hydrogens is 172 g/mol. The fourth-order valence-electron chi connectivity index (χ4n) is 3.45. The maximum Gasteiger partial charge on any atom is 0.142 e. The van der Waals surface area contributed by atoms with Gasteiger partial charge in [0.2, 0.25) is 0 Å². The molecule has 0 aromatic rings. The summed E-state index contributed by atoms with van der Waals surface area (Å²) in [5.74, 6) is 1.07. The molecular formula is C13H22O. The number of rotatable bonds is 3. The summed E-state index contributed by atoms with van der Waals surface area (Å²) in [6.45, 7) is 2.21.